The van der Waals surface area contributed by atoms with Crippen molar-refractivity contribution < 1.29 is 4.74 Å². The third kappa shape index (κ3) is 2.97. The van der Waals surface area contributed by atoms with Gasteiger partial charge in [0.05, 0.1) is 12.2 Å². The molecular formula is C12H21N3OS. The Morgan fingerprint density at radius 2 is 2.35 bits per heavy atom. The quantitative estimate of drug-likeness (QED) is 0.897. The Balaban J connectivity index is 2.09. The summed E-state index contributed by atoms with van der Waals surface area (Å²) < 4.78 is 5.72. The summed E-state index contributed by atoms with van der Waals surface area (Å²) in [4.78, 5) is 8.13. The molecule has 0 radical (unpaired) electrons. The van der Waals surface area contributed by atoms with Crippen molar-refractivity contribution in [2.24, 2.45) is 0 Å². The van der Waals surface area contributed by atoms with Gasteiger partial charge in [0.2, 0.25) is 0 Å². The van der Waals surface area contributed by atoms with E-state index in [0.29, 0.717) is 6.04 Å². The highest BCUT2D eigenvalue weighted by molar-refractivity contribution is 7.15. The van der Waals surface area contributed by atoms with Gasteiger partial charge >= 0.3 is 0 Å². The lowest BCUT2D eigenvalue weighted by Gasteiger charge is -2.38. The van der Waals surface area contributed by atoms with Gasteiger partial charge in [0.25, 0.3) is 0 Å². The molecule has 4 nitrogen and oxygen atoms in total. The highest BCUT2D eigenvalue weighted by Gasteiger charge is 2.28. The van der Waals surface area contributed by atoms with Crippen LogP contribution in [0.4, 0.5) is 5.13 Å². The van der Waals surface area contributed by atoms with Crippen molar-refractivity contribution in [1.29, 1.82) is 0 Å². The molecule has 1 aliphatic rings. The zero-order chi connectivity index (χ0) is 12.5. The van der Waals surface area contributed by atoms with Crippen molar-refractivity contribution in [3.63, 3.8) is 0 Å². The fourth-order valence-electron chi connectivity index (χ4n) is 1.95. The SMILES string of the molecule is CNC(C)c1cnc(N2CCOC(C)(C)C2)s1. The van der Waals surface area contributed by atoms with E-state index in [-0.39, 0.29) is 5.60 Å². The average Bonchev–Trinajstić information content (AvgIpc) is 2.76. The molecule has 1 atom stereocenters. The third-order valence-electron chi connectivity index (χ3n) is 3.07. The summed E-state index contributed by atoms with van der Waals surface area (Å²) >= 11 is 1.77. The molecule has 1 fully saturated rings. The van der Waals surface area contributed by atoms with E-state index in [1.54, 1.807) is 11.3 Å². The molecule has 0 spiro atoms. The van der Waals surface area contributed by atoms with Gasteiger partial charge in [-0.1, -0.05) is 0 Å². The summed E-state index contributed by atoms with van der Waals surface area (Å²) in [5, 5.41) is 4.35. The van der Waals surface area contributed by atoms with E-state index in [1.807, 2.05) is 13.2 Å². The maximum atomic E-state index is 5.72. The van der Waals surface area contributed by atoms with E-state index >= 15 is 0 Å². The zero-order valence-electron chi connectivity index (χ0n) is 11.0. The topological polar surface area (TPSA) is 37.4 Å². The molecule has 1 aromatic rings. The maximum Gasteiger partial charge on any atom is 0.185 e. The molecule has 1 aliphatic heterocycles. The standard InChI is InChI=1S/C12H21N3OS/c1-9(13-4)10-7-14-11(17-10)15-5-6-16-12(2,3)8-15/h7,9,13H,5-6,8H2,1-4H3. The van der Waals surface area contributed by atoms with Crippen molar-refractivity contribution in [3.8, 4) is 0 Å². The molecule has 1 unspecified atom stereocenters. The molecule has 96 valence electrons. The number of nitrogens with zero attached hydrogens (tertiary/aromatic N) is 2. The predicted molar refractivity (Wildman–Crippen MR) is 71.8 cm³/mol. The Kier molecular flexibility index (Phi) is 3.70. The molecule has 0 bridgehead atoms. The van der Waals surface area contributed by atoms with Crippen LogP contribution >= 0.6 is 11.3 Å². The number of anilines is 1. The van der Waals surface area contributed by atoms with Crippen molar-refractivity contribution in [3.05, 3.63) is 11.1 Å². The van der Waals surface area contributed by atoms with E-state index in [1.165, 1.54) is 4.88 Å². The molecule has 2 heterocycles. The highest BCUT2D eigenvalue weighted by atomic mass is 32.1. The van der Waals surface area contributed by atoms with Crippen LogP contribution in [-0.2, 0) is 4.74 Å². The Morgan fingerprint density at radius 1 is 1.59 bits per heavy atom. The fraction of sp³-hybridized carbons (Fsp3) is 0.750. The van der Waals surface area contributed by atoms with Crippen molar-refractivity contribution in [2.75, 3.05) is 31.6 Å². The van der Waals surface area contributed by atoms with Gasteiger partial charge in [0.15, 0.2) is 5.13 Å². The molecule has 5 heteroatoms. The maximum absolute atomic E-state index is 5.72. The van der Waals surface area contributed by atoms with Crippen LogP contribution in [0, 0.1) is 0 Å². The molecule has 2 rings (SSSR count). The minimum absolute atomic E-state index is 0.0707. The lowest BCUT2D eigenvalue weighted by Crippen LogP contribution is -2.48. The number of morpholine rings is 1. The molecule has 0 saturated carbocycles. The molecule has 0 aromatic carbocycles. The first-order valence-corrected chi connectivity index (χ1v) is 6.85. The predicted octanol–water partition coefficient (Wildman–Crippen LogP) is 2.04. The zero-order valence-corrected chi connectivity index (χ0v) is 11.8. The van der Waals surface area contributed by atoms with Crippen molar-refractivity contribution >= 4 is 16.5 Å². The van der Waals surface area contributed by atoms with Gasteiger partial charge in [0.1, 0.15) is 0 Å². The van der Waals surface area contributed by atoms with Crippen LogP contribution in [0.3, 0.4) is 0 Å². The summed E-state index contributed by atoms with van der Waals surface area (Å²) in [5.41, 5.74) is -0.0707. The minimum atomic E-state index is -0.0707. The number of ether oxygens (including phenoxy) is 1. The van der Waals surface area contributed by atoms with Gasteiger partial charge in [-0.3, -0.25) is 0 Å². The second kappa shape index (κ2) is 4.92. The Bertz CT molecular complexity index is 378. The summed E-state index contributed by atoms with van der Waals surface area (Å²) in [5.74, 6) is 0. The minimum Gasteiger partial charge on any atom is -0.372 e. The van der Waals surface area contributed by atoms with Crippen LogP contribution in [0.2, 0.25) is 0 Å². The number of nitrogens with one attached hydrogen (secondary N) is 1. The van der Waals surface area contributed by atoms with Crippen molar-refractivity contribution in [2.45, 2.75) is 32.4 Å². The Labute approximate surface area is 107 Å². The van der Waals surface area contributed by atoms with Crippen LogP contribution in [0.5, 0.6) is 0 Å². The number of hydrogen-bond donors (Lipinski definition) is 1. The monoisotopic (exact) mass is 255 g/mol. The van der Waals surface area contributed by atoms with Crippen molar-refractivity contribution in [1.82, 2.24) is 10.3 Å². The fourth-order valence-corrected chi connectivity index (χ4v) is 2.95. The van der Waals surface area contributed by atoms with E-state index in [2.05, 4.69) is 36.0 Å². The highest BCUT2D eigenvalue weighted by Crippen LogP contribution is 2.29. The van der Waals surface area contributed by atoms with Crippen LogP contribution in [0.15, 0.2) is 6.20 Å². The smallest absolute Gasteiger partial charge is 0.185 e. The summed E-state index contributed by atoms with van der Waals surface area (Å²) in [6.07, 6.45) is 1.98. The van der Waals surface area contributed by atoms with Crippen LogP contribution in [0.1, 0.15) is 31.7 Å². The molecule has 0 aliphatic carbocycles. The third-order valence-corrected chi connectivity index (χ3v) is 4.31. The van der Waals surface area contributed by atoms with Gasteiger partial charge in [0, 0.05) is 30.2 Å². The van der Waals surface area contributed by atoms with E-state index in [9.17, 15) is 0 Å². The van der Waals surface area contributed by atoms with Gasteiger partial charge in [-0.25, -0.2) is 4.98 Å². The lowest BCUT2D eigenvalue weighted by atomic mass is 10.1. The van der Waals surface area contributed by atoms with Crippen LogP contribution in [-0.4, -0.2) is 37.3 Å². The number of aromatic nitrogens is 1. The number of hydrogen-bond acceptors (Lipinski definition) is 5. The van der Waals surface area contributed by atoms with Gasteiger partial charge in [-0.05, 0) is 27.8 Å². The molecule has 17 heavy (non-hydrogen) atoms. The average molecular weight is 255 g/mol. The molecule has 0 amide bonds. The molecule has 1 N–H and O–H groups in total. The van der Waals surface area contributed by atoms with Gasteiger partial charge in [-0.2, -0.15) is 0 Å². The normalized spacial score (nSPS) is 21.5. The van der Waals surface area contributed by atoms with E-state index < -0.39 is 0 Å². The Hall–Kier alpha value is -0.650. The second-order valence-corrected chi connectivity index (χ2v) is 6.13. The second-order valence-electron chi connectivity index (χ2n) is 5.09. The lowest BCUT2D eigenvalue weighted by molar-refractivity contribution is -0.0277. The first kappa shape index (κ1) is 12.8. The summed E-state index contributed by atoms with van der Waals surface area (Å²) in [6, 6.07) is 0.371. The first-order chi connectivity index (χ1) is 8.02. The van der Waals surface area contributed by atoms with E-state index in [4.69, 9.17) is 4.74 Å². The van der Waals surface area contributed by atoms with Crippen LogP contribution < -0.4 is 10.2 Å². The molecule has 1 saturated heterocycles. The van der Waals surface area contributed by atoms with Gasteiger partial charge in [-0.15, -0.1) is 11.3 Å². The molecule has 1 aromatic heterocycles. The number of thiazole rings is 1. The first-order valence-electron chi connectivity index (χ1n) is 6.04. The van der Waals surface area contributed by atoms with E-state index in [0.717, 1.165) is 24.8 Å². The van der Waals surface area contributed by atoms with Crippen LogP contribution in [0.25, 0.3) is 0 Å². The Morgan fingerprint density at radius 3 is 3.00 bits per heavy atom. The van der Waals surface area contributed by atoms with Gasteiger partial charge < -0.3 is 15.0 Å². The summed E-state index contributed by atoms with van der Waals surface area (Å²) in [7, 11) is 1.97. The largest absolute Gasteiger partial charge is 0.372 e. The number of rotatable bonds is 3. The molecular weight excluding hydrogens is 234 g/mol. The summed E-state index contributed by atoms with van der Waals surface area (Å²) in [6.45, 7) is 9.04.